The Labute approximate surface area is 116 Å². The molecule has 0 aliphatic heterocycles. The summed E-state index contributed by atoms with van der Waals surface area (Å²) in [4.78, 5) is 0. The lowest BCUT2D eigenvalue weighted by molar-refractivity contribution is 0.542. The normalized spacial score (nSPS) is 12.0. The minimum atomic E-state index is -0.764. The molecule has 0 saturated heterocycles. The molecule has 0 radical (unpaired) electrons. The lowest BCUT2D eigenvalue weighted by Crippen LogP contribution is -2.15. The van der Waals surface area contributed by atoms with Crippen LogP contribution in [0.5, 0.6) is 0 Å². The minimum absolute atomic E-state index is 0. The molecule has 0 saturated carbocycles. The van der Waals surface area contributed by atoms with E-state index in [1.165, 1.54) is 23.5 Å². The van der Waals surface area contributed by atoms with Crippen LogP contribution in [0.4, 0.5) is 8.78 Å². The van der Waals surface area contributed by atoms with Crippen molar-refractivity contribution >= 4 is 39.7 Å². The van der Waals surface area contributed by atoms with Crippen molar-refractivity contribution in [3.05, 3.63) is 56.2 Å². The highest BCUT2D eigenvalue weighted by Crippen LogP contribution is 2.28. The molecule has 2 aromatic rings. The summed E-state index contributed by atoms with van der Waals surface area (Å²) in [5, 5.41) is 3.61. The van der Waals surface area contributed by atoms with Crippen LogP contribution in [-0.4, -0.2) is 0 Å². The fourth-order valence-corrected chi connectivity index (χ4v) is 2.57. The second-order valence-corrected chi connectivity index (χ2v) is 5.01. The average Bonchev–Trinajstić information content (AvgIpc) is 2.67. The van der Waals surface area contributed by atoms with Crippen LogP contribution < -0.4 is 5.73 Å². The Morgan fingerprint density at radius 1 is 1.24 bits per heavy atom. The average molecular weight is 341 g/mol. The third-order valence-corrected chi connectivity index (χ3v) is 3.42. The number of nitrogens with two attached hydrogens (primary N) is 1. The first-order valence-electron chi connectivity index (χ1n) is 4.51. The van der Waals surface area contributed by atoms with Gasteiger partial charge in [-0.25, -0.2) is 8.78 Å². The van der Waals surface area contributed by atoms with Crippen molar-refractivity contribution in [3.8, 4) is 0 Å². The summed E-state index contributed by atoms with van der Waals surface area (Å²) in [6.45, 7) is 0. The van der Waals surface area contributed by atoms with E-state index in [1.807, 2.05) is 5.38 Å². The zero-order valence-electron chi connectivity index (χ0n) is 8.49. The summed E-state index contributed by atoms with van der Waals surface area (Å²) in [5.41, 5.74) is 6.44. The lowest BCUT2D eigenvalue weighted by Gasteiger charge is -2.13. The molecule has 0 aliphatic rings. The van der Waals surface area contributed by atoms with Crippen LogP contribution in [0, 0.1) is 11.6 Å². The molecule has 1 aromatic heterocycles. The van der Waals surface area contributed by atoms with Gasteiger partial charge in [0.2, 0.25) is 0 Å². The van der Waals surface area contributed by atoms with Gasteiger partial charge in [0.1, 0.15) is 11.6 Å². The van der Waals surface area contributed by atoms with Gasteiger partial charge in [-0.2, -0.15) is 11.3 Å². The molecule has 0 spiro atoms. The van der Waals surface area contributed by atoms with E-state index in [1.54, 1.807) is 11.4 Å². The van der Waals surface area contributed by atoms with Gasteiger partial charge in [-0.15, -0.1) is 12.4 Å². The Balaban J connectivity index is 0.00000144. The Hall–Kier alpha value is -0.490. The van der Waals surface area contributed by atoms with E-state index in [0.29, 0.717) is 10.0 Å². The van der Waals surface area contributed by atoms with E-state index in [9.17, 15) is 8.78 Å². The molecule has 1 nitrogen and oxygen atoms in total. The number of halogens is 4. The zero-order valence-corrected chi connectivity index (χ0v) is 11.7. The van der Waals surface area contributed by atoms with Crippen molar-refractivity contribution < 1.29 is 8.78 Å². The molecule has 2 rings (SSSR count). The van der Waals surface area contributed by atoms with Gasteiger partial charge < -0.3 is 5.73 Å². The second kappa shape index (κ2) is 5.91. The van der Waals surface area contributed by atoms with Gasteiger partial charge in [0, 0.05) is 10.0 Å². The fraction of sp³-hybridized carbons (Fsp3) is 0.0909. The molecule has 6 heteroatoms. The van der Waals surface area contributed by atoms with E-state index in [-0.39, 0.29) is 18.0 Å². The molecule has 92 valence electrons. The van der Waals surface area contributed by atoms with Crippen molar-refractivity contribution in [1.82, 2.24) is 0 Å². The zero-order chi connectivity index (χ0) is 11.7. The number of thiophene rings is 1. The Bertz CT molecular complexity index is 481. The summed E-state index contributed by atoms with van der Waals surface area (Å²) in [5.74, 6) is -1.27. The largest absolute Gasteiger partial charge is 0.320 e. The van der Waals surface area contributed by atoms with Gasteiger partial charge >= 0.3 is 0 Å². The molecule has 17 heavy (non-hydrogen) atoms. The number of hydrogen-bond donors (Lipinski definition) is 1. The molecule has 0 bridgehead atoms. The maximum Gasteiger partial charge on any atom is 0.132 e. The summed E-state index contributed by atoms with van der Waals surface area (Å²) in [6.07, 6.45) is 0. The maximum absolute atomic E-state index is 13.6. The first kappa shape index (κ1) is 14.6. The molecule has 2 N–H and O–H groups in total. The molecule has 1 aromatic carbocycles. The molecule has 1 atom stereocenters. The van der Waals surface area contributed by atoms with Crippen molar-refractivity contribution in [2.75, 3.05) is 0 Å². The van der Waals surface area contributed by atoms with Gasteiger partial charge in [0.25, 0.3) is 0 Å². The van der Waals surface area contributed by atoms with E-state index < -0.39 is 17.7 Å². The molecule has 0 aliphatic carbocycles. The van der Waals surface area contributed by atoms with Crippen LogP contribution in [-0.2, 0) is 0 Å². The highest BCUT2D eigenvalue weighted by atomic mass is 79.9. The second-order valence-electron chi connectivity index (χ2n) is 3.32. The van der Waals surface area contributed by atoms with Crippen LogP contribution in [0.3, 0.4) is 0 Å². The smallest absolute Gasteiger partial charge is 0.132 e. The molecule has 1 heterocycles. The van der Waals surface area contributed by atoms with Crippen LogP contribution in [0.2, 0.25) is 0 Å². The highest BCUT2D eigenvalue weighted by molar-refractivity contribution is 9.10. The summed E-state index contributed by atoms with van der Waals surface area (Å²) >= 11 is 4.47. The number of benzene rings is 1. The maximum atomic E-state index is 13.6. The monoisotopic (exact) mass is 339 g/mol. The van der Waals surface area contributed by atoms with E-state index in [4.69, 9.17) is 5.73 Å². The van der Waals surface area contributed by atoms with Crippen molar-refractivity contribution in [3.63, 3.8) is 0 Å². The topological polar surface area (TPSA) is 26.0 Å². The Morgan fingerprint density at radius 2 is 1.82 bits per heavy atom. The van der Waals surface area contributed by atoms with E-state index in [2.05, 4.69) is 15.9 Å². The van der Waals surface area contributed by atoms with E-state index >= 15 is 0 Å². The molecule has 0 unspecified atom stereocenters. The van der Waals surface area contributed by atoms with Gasteiger partial charge in [-0.3, -0.25) is 0 Å². The molecular formula is C11H9BrClF2NS. The van der Waals surface area contributed by atoms with Gasteiger partial charge in [0.05, 0.1) is 6.04 Å². The van der Waals surface area contributed by atoms with E-state index in [0.717, 1.165) is 0 Å². The van der Waals surface area contributed by atoms with Crippen molar-refractivity contribution in [1.29, 1.82) is 0 Å². The van der Waals surface area contributed by atoms with Crippen LogP contribution in [0.15, 0.2) is 33.4 Å². The number of rotatable bonds is 2. The lowest BCUT2D eigenvalue weighted by atomic mass is 10.0. The molecule has 0 amide bonds. The predicted molar refractivity (Wildman–Crippen MR) is 71.7 cm³/mol. The predicted octanol–water partition coefficient (Wildman–Crippen LogP) is 4.26. The van der Waals surface area contributed by atoms with Crippen molar-refractivity contribution in [2.45, 2.75) is 6.04 Å². The quantitative estimate of drug-likeness (QED) is 0.868. The van der Waals surface area contributed by atoms with Gasteiger partial charge in [-0.1, -0.05) is 15.9 Å². The first-order chi connectivity index (χ1) is 7.59. The Morgan fingerprint density at radius 3 is 2.29 bits per heavy atom. The standard InChI is InChI=1S/C11H8BrF2NS.ClH/c12-7-3-8(13)10(9(14)4-7)11(15)6-1-2-16-5-6;/h1-5,11H,15H2;1H/t11-;/m1./s1. The van der Waals surface area contributed by atoms with Gasteiger partial charge in [0.15, 0.2) is 0 Å². The third kappa shape index (κ3) is 3.04. The number of hydrogen-bond acceptors (Lipinski definition) is 2. The summed E-state index contributed by atoms with van der Waals surface area (Å²) in [6, 6.07) is 3.42. The first-order valence-corrected chi connectivity index (χ1v) is 6.25. The van der Waals surface area contributed by atoms with Crippen molar-refractivity contribution in [2.24, 2.45) is 5.73 Å². The van der Waals surface area contributed by atoms with Gasteiger partial charge in [-0.05, 0) is 34.5 Å². The summed E-state index contributed by atoms with van der Waals surface area (Å²) < 4.78 is 27.6. The SMILES string of the molecule is Cl.N[C@H](c1ccsc1)c1c(F)cc(Br)cc1F. The van der Waals surface area contributed by atoms with Crippen LogP contribution >= 0.6 is 39.7 Å². The van der Waals surface area contributed by atoms with Crippen LogP contribution in [0.1, 0.15) is 17.2 Å². The summed E-state index contributed by atoms with van der Waals surface area (Å²) in [7, 11) is 0. The third-order valence-electron chi connectivity index (χ3n) is 2.26. The fourth-order valence-electron chi connectivity index (χ4n) is 1.47. The van der Waals surface area contributed by atoms with Crippen LogP contribution in [0.25, 0.3) is 0 Å². The molecular weight excluding hydrogens is 332 g/mol. The molecule has 0 fully saturated rings. The minimum Gasteiger partial charge on any atom is -0.320 e. The Kier molecular flexibility index (Phi) is 5.06. The highest BCUT2D eigenvalue weighted by Gasteiger charge is 2.19.